The number of imidazole rings is 1. The smallest absolute Gasteiger partial charge is 0.410 e. The second-order valence-corrected chi connectivity index (χ2v) is 19.0. The number of piperidine rings is 1. The zero-order chi connectivity index (χ0) is 42.5. The van der Waals surface area contributed by atoms with Crippen LogP contribution in [-0.4, -0.2) is 99.1 Å². The van der Waals surface area contributed by atoms with Gasteiger partial charge in [-0.3, -0.25) is 14.5 Å². The zero-order valence-corrected chi connectivity index (χ0v) is 35.7. The van der Waals surface area contributed by atoms with E-state index in [2.05, 4.69) is 46.1 Å². The summed E-state index contributed by atoms with van der Waals surface area (Å²) in [5.74, 6) is -2.11. The van der Waals surface area contributed by atoms with E-state index >= 15 is 4.79 Å². The lowest BCUT2D eigenvalue weighted by Gasteiger charge is -2.46. The lowest BCUT2D eigenvalue weighted by Crippen LogP contribution is -2.57. The van der Waals surface area contributed by atoms with Gasteiger partial charge in [0.05, 0.1) is 28.4 Å². The first kappa shape index (κ1) is 40.3. The number of halogens is 2. The Balaban J connectivity index is 1.07. The molecule has 60 heavy (non-hydrogen) atoms. The highest BCUT2D eigenvalue weighted by molar-refractivity contribution is 6.09. The first-order valence-electron chi connectivity index (χ1n) is 21.5. The first-order valence-corrected chi connectivity index (χ1v) is 21.5. The monoisotopic (exact) mass is 822 g/mol. The summed E-state index contributed by atoms with van der Waals surface area (Å²) in [5.41, 5.74) is 4.71. The standard InChI is InChI=1S/C46H56F2N8O4/c1-8-28(3)55-26-50-36-23-35(52-39(38(36)55)51-30-11-9-27(2)33(20-30)40(57)49-7)29-10-12-34-37(19-29)56(32-21-31(22-32)54-16-13-44(25-54)24-46(44,47)48)41(58)45(34)14-17-53(18-15-45)42(59)60-43(4,5)6/h9-12,19-20,23,26,28,31-32H,8,13-18,21-22,24-25H2,1-7H3,(H,49,57)(H,51,52)/t28-,31?,32?,44-/m0/s1. The highest BCUT2D eigenvalue weighted by atomic mass is 19.3. The van der Waals surface area contributed by atoms with Gasteiger partial charge in [-0.15, -0.1) is 0 Å². The van der Waals surface area contributed by atoms with Crippen molar-refractivity contribution in [1.82, 2.24) is 29.7 Å². The third-order valence-electron chi connectivity index (χ3n) is 14.1. The number of carbonyl (C=O) groups is 3. The maximum Gasteiger partial charge on any atom is 0.410 e. The Morgan fingerprint density at radius 3 is 2.40 bits per heavy atom. The molecule has 2 N–H and O–H groups in total. The van der Waals surface area contributed by atoms with Gasteiger partial charge in [-0.05, 0) is 115 Å². The zero-order valence-electron chi connectivity index (χ0n) is 35.7. The number of aryl methyl sites for hydroxylation is 1. The molecule has 3 aliphatic heterocycles. The third kappa shape index (κ3) is 6.60. The highest BCUT2D eigenvalue weighted by Crippen LogP contribution is 2.65. The molecule has 14 heteroatoms. The Morgan fingerprint density at radius 1 is 1.02 bits per heavy atom. The molecule has 2 atom stereocenters. The highest BCUT2D eigenvalue weighted by Gasteiger charge is 2.73. The summed E-state index contributed by atoms with van der Waals surface area (Å²) in [4.78, 5) is 56.9. The topological polar surface area (TPSA) is 125 Å². The van der Waals surface area contributed by atoms with Crippen LogP contribution in [0.1, 0.15) is 107 Å². The molecule has 2 saturated carbocycles. The van der Waals surface area contributed by atoms with Crippen LogP contribution in [0.15, 0.2) is 48.8 Å². The van der Waals surface area contributed by atoms with Crippen LogP contribution in [0.3, 0.4) is 0 Å². The molecule has 2 aromatic heterocycles. The van der Waals surface area contributed by atoms with E-state index in [0.717, 1.165) is 52.7 Å². The average molecular weight is 823 g/mol. The molecule has 12 nitrogen and oxygen atoms in total. The van der Waals surface area contributed by atoms with Crippen LogP contribution in [0.2, 0.25) is 0 Å². The number of hydrogen-bond donors (Lipinski definition) is 2. The minimum atomic E-state index is -2.57. The molecule has 5 aliphatic rings. The van der Waals surface area contributed by atoms with Crippen molar-refractivity contribution in [3.8, 4) is 11.3 Å². The number of benzene rings is 2. The number of nitrogens with zero attached hydrogens (tertiary/aromatic N) is 6. The van der Waals surface area contributed by atoms with Gasteiger partial charge >= 0.3 is 6.09 Å². The van der Waals surface area contributed by atoms with E-state index in [1.807, 2.05) is 69.3 Å². The number of pyridine rings is 1. The summed E-state index contributed by atoms with van der Waals surface area (Å²) in [5, 5.41) is 6.25. The molecule has 4 fully saturated rings. The molecule has 2 spiro atoms. The fourth-order valence-electron chi connectivity index (χ4n) is 10.1. The molecule has 5 heterocycles. The number of aromatic nitrogens is 3. The van der Waals surface area contributed by atoms with Crippen LogP contribution in [0.4, 0.5) is 30.8 Å². The van der Waals surface area contributed by atoms with Crippen LogP contribution in [-0.2, 0) is 14.9 Å². The van der Waals surface area contributed by atoms with E-state index in [9.17, 15) is 18.4 Å². The average Bonchev–Trinajstić information content (AvgIpc) is 3.58. The Bertz CT molecular complexity index is 2390. The molecule has 3 amide bonds. The van der Waals surface area contributed by atoms with Gasteiger partial charge in [-0.1, -0.05) is 25.1 Å². The number of hydrogen-bond acceptors (Lipinski definition) is 8. The molecule has 2 saturated heterocycles. The Labute approximate surface area is 350 Å². The Hall–Kier alpha value is -5.11. The summed E-state index contributed by atoms with van der Waals surface area (Å²) in [6.45, 7) is 13.6. The summed E-state index contributed by atoms with van der Waals surface area (Å²) in [6, 6.07) is 14.0. The van der Waals surface area contributed by atoms with Crippen molar-refractivity contribution in [2.24, 2.45) is 5.41 Å². The summed E-state index contributed by atoms with van der Waals surface area (Å²) in [6.07, 6.45) is 5.23. The summed E-state index contributed by atoms with van der Waals surface area (Å²) >= 11 is 0. The molecule has 2 aliphatic carbocycles. The first-order chi connectivity index (χ1) is 28.5. The quantitative estimate of drug-likeness (QED) is 0.182. The van der Waals surface area contributed by atoms with Crippen molar-refractivity contribution in [3.63, 3.8) is 0 Å². The number of carbonyl (C=O) groups excluding carboxylic acids is 3. The molecular weight excluding hydrogens is 767 g/mol. The van der Waals surface area contributed by atoms with E-state index in [-0.39, 0.29) is 42.5 Å². The predicted octanol–water partition coefficient (Wildman–Crippen LogP) is 8.36. The maximum atomic E-state index is 15.0. The van der Waals surface area contributed by atoms with Crippen LogP contribution in [0, 0.1) is 12.3 Å². The predicted molar refractivity (Wildman–Crippen MR) is 227 cm³/mol. The number of ether oxygens (including phenoxy) is 1. The minimum absolute atomic E-state index is 0.0206. The Kier molecular flexibility index (Phi) is 9.57. The van der Waals surface area contributed by atoms with Crippen LogP contribution < -0.4 is 15.5 Å². The third-order valence-corrected chi connectivity index (χ3v) is 14.1. The van der Waals surface area contributed by atoms with Gasteiger partial charge < -0.3 is 29.7 Å². The van der Waals surface area contributed by atoms with Gasteiger partial charge in [0, 0.05) is 73.7 Å². The van der Waals surface area contributed by atoms with Crippen molar-refractivity contribution >= 4 is 46.1 Å². The molecule has 4 aromatic rings. The largest absolute Gasteiger partial charge is 0.444 e. The van der Waals surface area contributed by atoms with E-state index in [4.69, 9.17) is 14.7 Å². The number of nitrogens with one attached hydrogen (secondary N) is 2. The number of rotatable bonds is 8. The van der Waals surface area contributed by atoms with Crippen molar-refractivity contribution in [3.05, 3.63) is 65.5 Å². The molecule has 2 aromatic carbocycles. The second-order valence-electron chi connectivity index (χ2n) is 19.0. The number of fused-ring (bicyclic) bond motifs is 3. The van der Waals surface area contributed by atoms with Crippen LogP contribution in [0.25, 0.3) is 22.3 Å². The molecule has 0 bridgehead atoms. The summed E-state index contributed by atoms with van der Waals surface area (Å²) < 4.78 is 36.5. The molecule has 9 rings (SSSR count). The molecule has 0 radical (unpaired) electrons. The van der Waals surface area contributed by atoms with E-state index < -0.39 is 22.4 Å². The fraction of sp³-hybridized carbons (Fsp3) is 0.543. The van der Waals surface area contributed by atoms with E-state index in [1.165, 1.54) is 0 Å². The normalized spacial score (nSPS) is 24.8. The lowest BCUT2D eigenvalue weighted by atomic mass is 9.73. The van der Waals surface area contributed by atoms with Gasteiger partial charge in [0.25, 0.3) is 11.8 Å². The van der Waals surface area contributed by atoms with Crippen molar-refractivity contribution in [1.29, 1.82) is 0 Å². The molecule has 318 valence electrons. The number of amides is 3. The Morgan fingerprint density at radius 2 is 1.75 bits per heavy atom. The van der Waals surface area contributed by atoms with Gasteiger partial charge in [0.15, 0.2) is 5.82 Å². The second kappa shape index (κ2) is 14.2. The van der Waals surface area contributed by atoms with Gasteiger partial charge in [-0.2, -0.15) is 0 Å². The number of alkyl halides is 2. The maximum absolute atomic E-state index is 15.0. The van der Waals surface area contributed by atoms with E-state index in [0.29, 0.717) is 68.2 Å². The van der Waals surface area contributed by atoms with E-state index in [1.54, 1.807) is 11.9 Å². The fourth-order valence-corrected chi connectivity index (χ4v) is 10.1. The number of likely N-dealkylation sites (tertiary alicyclic amines) is 2. The summed E-state index contributed by atoms with van der Waals surface area (Å²) in [7, 11) is 1.62. The lowest BCUT2D eigenvalue weighted by molar-refractivity contribution is -0.126. The van der Waals surface area contributed by atoms with Crippen LogP contribution >= 0.6 is 0 Å². The minimum Gasteiger partial charge on any atom is -0.444 e. The molecular formula is C46H56F2N8O4. The van der Waals surface area contributed by atoms with Crippen LogP contribution in [0.5, 0.6) is 0 Å². The number of anilines is 3. The van der Waals surface area contributed by atoms with Gasteiger partial charge in [0.1, 0.15) is 11.1 Å². The van der Waals surface area contributed by atoms with Crippen molar-refractivity contribution in [2.75, 3.05) is 43.4 Å². The van der Waals surface area contributed by atoms with Crippen molar-refractivity contribution < 1.29 is 27.9 Å². The van der Waals surface area contributed by atoms with Crippen molar-refractivity contribution in [2.45, 2.75) is 122 Å². The van der Waals surface area contributed by atoms with Gasteiger partial charge in [-0.25, -0.2) is 23.5 Å². The SMILES string of the molecule is CC[C@H](C)n1cnc2cc(-c3ccc4c(c3)N(C3CC(N5CC[C@@]6(C5)CC6(F)F)C3)C(=O)C43CCN(C(=O)OC(C)(C)C)CC3)nc(Nc3ccc(C)c(C(=O)NC)c3)c21. The van der Waals surface area contributed by atoms with Gasteiger partial charge in [0.2, 0.25) is 5.91 Å². The molecule has 0 unspecified atom stereocenters.